The minimum Gasteiger partial charge on any atom is -0.432 e. The molecule has 0 unspecified atom stereocenters. The van der Waals surface area contributed by atoms with Crippen molar-refractivity contribution in [2.24, 2.45) is 5.16 Å². The third-order valence-corrected chi connectivity index (χ3v) is 3.07. The molecule has 0 atom stereocenters. The summed E-state index contributed by atoms with van der Waals surface area (Å²) in [6, 6.07) is 19.8. The highest BCUT2D eigenvalue weighted by molar-refractivity contribution is 5.79. The quantitative estimate of drug-likeness (QED) is 0.356. The Morgan fingerprint density at radius 1 is 0.955 bits per heavy atom. The Bertz CT molecular complexity index is 580. The lowest BCUT2D eigenvalue weighted by molar-refractivity contribution is 0.0551. The van der Waals surface area contributed by atoms with Gasteiger partial charge in [0.25, 0.3) is 0 Å². The molecule has 0 aromatic heterocycles. The van der Waals surface area contributed by atoms with Crippen molar-refractivity contribution >= 4 is 11.9 Å². The second-order valence-corrected chi connectivity index (χ2v) is 5.06. The van der Waals surface area contributed by atoms with Crippen molar-refractivity contribution in [3.05, 3.63) is 71.8 Å². The second-order valence-electron chi connectivity index (χ2n) is 5.06. The number of nitrogens with zero attached hydrogens (tertiary/aromatic N) is 1. The van der Waals surface area contributed by atoms with Crippen LogP contribution in [0.3, 0.4) is 0 Å². The first kappa shape index (κ1) is 15.8. The summed E-state index contributed by atoms with van der Waals surface area (Å²) in [5.41, 5.74) is 2.81. The summed E-state index contributed by atoms with van der Waals surface area (Å²) < 4.78 is 5.20. The van der Waals surface area contributed by atoms with Gasteiger partial charge in [0.15, 0.2) is 0 Å². The molecular formula is C18H19NO3. The van der Waals surface area contributed by atoms with Gasteiger partial charge in [-0.15, -0.1) is 0 Å². The molecule has 4 nitrogen and oxygen atoms in total. The lowest BCUT2D eigenvalue weighted by Gasteiger charge is -2.17. The topological polar surface area (TPSA) is 47.9 Å². The summed E-state index contributed by atoms with van der Waals surface area (Å²) in [5.74, 6) is -0.0401. The lowest BCUT2D eigenvalue weighted by atomic mass is 9.92. The van der Waals surface area contributed by atoms with Crippen molar-refractivity contribution in [1.82, 2.24) is 0 Å². The van der Waals surface area contributed by atoms with Crippen molar-refractivity contribution in [2.75, 3.05) is 6.61 Å². The van der Waals surface area contributed by atoms with Crippen molar-refractivity contribution in [3.63, 3.8) is 0 Å². The molecule has 22 heavy (non-hydrogen) atoms. The summed E-state index contributed by atoms with van der Waals surface area (Å²) in [7, 11) is 0. The summed E-state index contributed by atoms with van der Waals surface area (Å²) >= 11 is 0. The van der Waals surface area contributed by atoms with E-state index in [4.69, 9.17) is 4.74 Å². The SMILES string of the molecule is CC(C)=NOC(=O)OCC(c1ccccc1)c1ccccc1. The molecule has 0 fully saturated rings. The fourth-order valence-electron chi connectivity index (χ4n) is 2.06. The van der Waals surface area contributed by atoms with Crippen molar-refractivity contribution in [1.29, 1.82) is 0 Å². The Morgan fingerprint density at radius 3 is 1.91 bits per heavy atom. The van der Waals surface area contributed by atoms with E-state index in [2.05, 4.69) is 9.99 Å². The van der Waals surface area contributed by atoms with Crippen molar-refractivity contribution in [2.45, 2.75) is 19.8 Å². The molecule has 0 aliphatic rings. The van der Waals surface area contributed by atoms with Crippen LogP contribution in [0, 0.1) is 0 Å². The van der Waals surface area contributed by atoms with Crippen molar-refractivity contribution in [3.8, 4) is 0 Å². The van der Waals surface area contributed by atoms with Crippen LogP contribution in [0.1, 0.15) is 30.9 Å². The number of oxime groups is 1. The van der Waals surface area contributed by atoms with Gasteiger partial charge in [-0.3, -0.25) is 4.84 Å². The average Bonchev–Trinajstić information content (AvgIpc) is 2.55. The summed E-state index contributed by atoms with van der Waals surface area (Å²) in [6.07, 6.45) is -0.793. The molecule has 0 radical (unpaired) electrons. The molecule has 0 amide bonds. The fourth-order valence-corrected chi connectivity index (χ4v) is 2.06. The monoisotopic (exact) mass is 297 g/mol. The number of ether oxygens (including phenoxy) is 1. The van der Waals surface area contributed by atoms with Crippen LogP contribution >= 0.6 is 0 Å². The maximum absolute atomic E-state index is 11.6. The second kappa shape index (κ2) is 7.98. The van der Waals surface area contributed by atoms with E-state index in [0.717, 1.165) is 11.1 Å². The summed E-state index contributed by atoms with van der Waals surface area (Å²) in [5, 5.41) is 3.59. The standard InChI is InChI=1S/C18H19NO3/c1-14(2)19-22-18(20)21-13-17(15-9-5-3-6-10-15)16-11-7-4-8-12-16/h3-12,17H,13H2,1-2H3. The van der Waals surface area contributed by atoms with Crippen LogP contribution in [0.2, 0.25) is 0 Å². The molecule has 0 bridgehead atoms. The Labute approximate surface area is 130 Å². The van der Waals surface area contributed by atoms with Crippen LogP contribution in [-0.4, -0.2) is 18.5 Å². The number of rotatable bonds is 5. The van der Waals surface area contributed by atoms with E-state index < -0.39 is 6.16 Å². The third kappa shape index (κ3) is 4.74. The molecule has 0 N–H and O–H groups in total. The highest BCUT2D eigenvalue weighted by Crippen LogP contribution is 2.24. The number of hydrogen-bond acceptors (Lipinski definition) is 4. The normalized spacial score (nSPS) is 10.1. The Kier molecular flexibility index (Phi) is 5.72. The fraction of sp³-hybridized carbons (Fsp3) is 0.222. The molecular weight excluding hydrogens is 278 g/mol. The first-order valence-corrected chi connectivity index (χ1v) is 7.11. The highest BCUT2D eigenvalue weighted by atomic mass is 16.8. The minimum atomic E-state index is -0.793. The molecule has 0 saturated heterocycles. The third-order valence-electron chi connectivity index (χ3n) is 3.07. The predicted molar refractivity (Wildman–Crippen MR) is 85.9 cm³/mol. The Morgan fingerprint density at radius 2 is 1.45 bits per heavy atom. The number of hydrogen-bond donors (Lipinski definition) is 0. The number of carbonyl (C=O) groups is 1. The maximum atomic E-state index is 11.6. The van der Waals surface area contributed by atoms with Gasteiger partial charge < -0.3 is 4.74 Å². The number of carbonyl (C=O) groups excluding carboxylic acids is 1. The molecule has 2 aromatic rings. The first-order chi connectivity index (χ1) is 10.7. The van der Waals surface area contributed by atoms with Crippen molar-refractivity contribution < 1.29 is 14.4 Å². The zero-order valence-electron chi connectivity index (χ0n) is 12.7. The van der Waals surface area contributed by atoms with Crippen LogP contribution in [0.5, 0.6) is 0 Å². The molecule has 0 spiro atoms. The van der Waals surface area contributed by atoms with E-state index in [0.29, 0.717) is 5.71 Å². The Hall–Kier alpha value is -2.62. The van der Waals surface area contributed by atoms with E-state index in [-0.39, 0.29) is 12.5 Å². The van der Waals surface area contributed by atoms with Gasteiger partial charge in [-0.25, -0.2) is 4.79 Å². The first-order valence-electron chi connectivity index (χ1n) is 7.11. The van der Waals surface area contributed by atoms with Gasteiger partial charge in [-0.2, -0.15) is 0 Å². The van der Waals surface area contributed by atoms with E-state index in [1.165, 1.54) is 0 Å². The van der Waals surface area contributed by atoms with E-state index in [1.54, 1.807) is 13.8 Å². The predicted octanol–water partition coefficient (Wildman–Crippen LogP) is 4.37. The van der Waals surface area contributed by atoms with Gasteiger partial charge in [0, 0.05) is 5.92 Å². The zero-order chi connectivity index (χ0) is 15.8. The molecule has 0 heterocycles. The summed E-state index contributed by atoms with van der Waals surface area (Å²) in [6.45, 7) is 3.68. The molecule has 0 aliphatic carbocycles. The largest absolute Gasteiger partial charge is 0.535 e. The lowest BCUT2D eigenvalue weighted by Crippen LogP contribution is -2.14. The smallest absolute Gasteiger partial charge is 0.432 e. The van der Waals surface area contributed by atoms with Crippen LogP contribution in [0.15, 0.2) is 65.8 Å². The number of benzene rings is 2. The van der Waals surface area contributed by atoms with E-state index >= 15 is 0 Å². The van der Waals surface area contributed by atoms with Crippen LogP contribution in [0.25, 0.3) is 0 Å². The minimum absolute atomic E-state index is 0.0401. The van der Waals surface area contributed by atoms with Crippen LogP contribution in [0.4, 0.5) is 4.79 Å². The molecule has 0 aliphatic heterocycles. The van der Waals surface area contributed by atoms with Crippen LogP contribution in [-0.2, 0) is 9.57 Å². The molecule has 114 valence electrons. The van der Waals surface area contributed by atoms with Gasteiger partial charge in [-0.05, 0) is 25.0 Å². The molecule has 2 rings (SSSR count). The average molecular weight is 297 g/mol. The maximum Gasteiger partial charge on any atom is 0.535 e. The zero-order valence-corrected chi connectivity index (χ0v) is 12.7. The molecule has 4 heteroatoms. The molecule has 2 aromatic carbocycles. The van der Waals surface area contributed by atoms with Gasteiger partial charge in [0.1, 0.15) is 6.61 Å². The molecule has 0 saturated carbocycles. The highest BCUT2D eigenvalue weighted by Gasteiger charge is 2.17. The van der Waals surface area contributed by atoms with E-state index in [1.807, 2.05) is 60.7 Å². The van der Waals surface area contributed by atoms with Gasteiger partial charge in [0.2, 0.25) is 0 Å². The Balaban J connectivity index is 2.10. The van der Waals surface area contributed by atoms with Gasteiger partial charge >= 0.3 is 6.16 Å². The summed E-state index contributed by atoms with van der Waals surface area (Å²) in [4.78, 5) is 16.2. The van der Waals surface area contributed by atoms with Crippen LogP contribution < -0.4 is 0 Å². The van der Waals surface area contributed by atoms with Gasteiger partial charge in [-0.1, -0.05) is 65.8 Å². The van der Waals surface area contributed by atoms with E-state index in [9.17, 15) is 4.79 Å². The van der Waals surface area contributed by atoms with Gasteiger partial charge in [0.05, 0.1) is 5.71 Å².